The van der Waals surface area contributed by atoms with Crippen LogP contribution < -0.4 is 4.90 Å². The minimum atomic E-state index is -3.96. The predicted octanol–water partition coefficient (Wildman–Crippen LogP) is 4.21. The summed E-state index contributed by atoms with van der Waals surface area (Å²) in [6.07, 6.45) is 2.12. The van der Waals surface area contributed by atoms with Crippen LogP contribution in [0.1, 0.15) is 36.3 Å². The van der Waals surface area contributed by atoms with Crippen LogP contribution in [-0.4, -0.2) is 31.5 Å². The summed E-state index contributed by atoms with van der Waals surface area (Å²) in [7, 11) is -3.96. The van der Waals surface area contributed by atoms with Gasteiger partial charge in [0.05, 0.1) is 22.0 Å². The van der Waals surface area contributed by atoms with Crippen molar-refractivity contribution in [2.75, 3.05) is 18.0 Å². The van der Waals surface area contributed by atoms with E-state index in [1.165, 1.54) is 6.07 Å². The number of piperidine rings is 1. The van der Waals surface area contributed by atoms with E-state index in [9.17, 15) is 13.7 Å². The van der Waals surface area contributed by atoms with Crippen molar-refractivity contribution in [3.63, 3.8) is 0 Å². The van der Waals surface area contributed by atoms with E-state index in [1.54, 1.807) is 18.2 Å². The summed E-state index contributed by atoms with van der Waals surface area (Å²) in [5.74, 6) is 0.969. The number of anilines is 1. The van der Waals surface area contributed by atoms with Gasteiger partial charge in [0, 0.05) is 13.1 Å². The van der Waals surface area contributed by atoms with Gasteiger partial charge >= 0.3 is 0 Å². The molecule has 2 heterocycles. The standard InChI is InChI=1S/C23H24N4O2S/c1-16-7-5-9-18(13-16)30(28,29)21(14-24)22-23(27-12-6-8-17(2)15-27)26-20-11-4-3-10-19(20)25-22/h3-5,7,9-11,13,17,21H,6,8,12,15H2,1-2H3/t17-,21-/m0/s1. The number of fused-ring (bicyclic) bond motifs is 1. The Hall–Kier alpha value is -2.98. The van der Waals surface area contributed by atoms with E-state index in [2.05, 4.69) is 16.8 Å². The lowest BCUT2D eigenvalue weighted by Gasteiger charge is -2.33. The van der Waals surface area contributed by atoms with Gasteiger partial charge in [-0.05, 0) is 55.5 Å². The fourth-order valence-electron chi connectivity index (χ4n) is 4.00. The Kier molecular flexibility index (Phi) is 5.44. The van der Waals surface area contributed by atoms with Crippen molar-refractivity contribution in [2.24, 2.45) is 5.92 Å². The summed E-state index contributed by atoms with van der Waals surface area (Å²) in [5, 5.41) is 8.55. The van der Waals surface area contributed by atoms with Gasteiger partial charge in [0.2, 0.25) is 9.84 Å². The second-order valence-corrected chi connectivity index (χ2v) is 10.0. The first-order valence-electron chi connectivity index (χ1n) is 10.1. The molecule has 7 heteroatoms. The van der Waals surface area contributed by atoms with E-state index in [-0.39, 0.29) is 10.6 Å². The number of para-hydroxylation sites is 2. The van der Waals surface area contributed by atoms with E-state index in [1.807, 2.05) is 37.3 Å². The molecule has 1 fully saturated rings. The average molecular weight is 421 g/mol. The molecule has 0 saturated carbocycles. The number of aryl methyl sites for hydroxylation is 1. The van der Waals surface area contributed by atoms with Crippen molar-refractivity contribution in [2.45, 2.75) is 36.8 Å². The fourth-order valence-corrected chi connectivity index (χ4v) is 5.48. The molecule has 0 bridgehead atoms. The van der Waals surface area contributed by atoms with E-state index >= 15 is 0 Å². The Balaban J connectivity index is 1.91. The molecule has 3 aromatic rings. The maximum absolute atomic E-state index is 13.4. The number of aromatic nitrogens is 2. The molecule has 1 aliphatic rings. The molecule has 0 amide bonds. The minimum Gasteiger partial charge on any atom is -0.355 e. The summed E-state index contributed by atoms with van der Waals surface area (Å²) in [4.78, 5) is 11.6. The second kappa shape index (κ2) is 8.04. The third-order valence-electron chi connectivity index (χ3n) is 5.53. The Morgan fingerprint density at radius 3 is 2.53 bits per heavy atom. The first-order valence-corrected chi connectivity index (χ1v) is 11.7. The monoisotopic (exact) mass is 420 g/mol. The SMILES string of the molecule is Cc1cccc(S(=O)(=O)[C@@H](C#N)c2nc3ccccc3nc2N2CCC[C@H](C)C2)c1. The van der Waals surface area contributed by atoms with Gasteiger partial charge in [-0.3, -0.25) is 0 Å². The van der Waals surface area contributed by atoms with Gasteiger partial charge in [-0.2, -0.15) is 5.26 Å². The third kappa shape index (κ3) is 3.75. The average Bonchev–Trinajstić information content (AvgIpc) is 2.73. The molecule has 2 atom stereocenters. The zero-order valence-corrected chi connectivity index (χ0v) is 17.9. The van der Waals surface area contributed by atoms with Crippen LogP contribution in [0.15, 0.2) is 53.4 Å². The zero-order valence-electron chi connectivity index (χ0n) is 17.1. The molecular formula is C23H24N4O2S. The van der Waals surface area contributed by atoms with Gasteiger partial charge in [0.25, 0.3) is 0 Å². The van der Waals surface area contributed by atoms with Crippen LogP contribution in [0.2, 0.25) is 0 Å². The minimum absolute atomic E-state index is 0.127. The molecular weight excluding hydrogens is 396 g/mol. The number of nitrogens with zero attached hydrogens (tertiary/aromatic N) is 4. The number of hydrogen-bond acceptors (Lipinski definition) is 6. The van der Waals surface area contributed by atoms with Gasteiger partial charge in [0.1, 0.15) is 5.69 Å². The maximum atomic E-state index is 13.4. The summed E-state index contributed by atoms with van der Waals surface area (Å²) in [6.45, 7) is 5.54. The zero-order chi connectivity index (χ0) is 21.3. The van der Waals surface area contributed by atoms with Crippen LogP contribution in [-0.2, 0) is 9.84 Å². The van der Waals surface area contributed by atoms with Gasteiger partial charge in [-0.15, -0.1) is 0 Å². The van der Waals surface area contributed by atoms with E-state index in [0.717, 1.165) is 31.5 Å². The molecule has 1 saturated heterocycles. The first-order chi connectivity index (χ1) is 14.4. The van der Waals surface area contributed by atoms with E-state index in [4.69, 9.17) is 4.98 Å². The summed E-state index contributed by atoms with van der Waals surface area (Å²) in [6, 6.07) is 16.0. The highest BCUT2D eigenvalue weighted by Gasteiger charge is 2.35. The fraction of sp³-hybridized carbons (Fsp3) is 0.348. The normalized spacial score (nSPS) is 18.2. The highest BCUT2D eigenvalue weighted by molar-refractivity contribution is 7.92. The van der Waals surface area contributed by atoms with Crippen LogP contribution in [0.4, 0.5) is 5.82 Å². The van der Waals surface area contributed by atoms with Gasteiger partial charge in [-0.1, -0.05) is 31.2 Å². The molecule has 0 radical (unpaired) electrons. The molecule has 154 valence electrons. The number of sulfone groups is 1. The summed E-state index contributed by atoms with van der Waals surface area (Å²) >= 11 is 0. The lowest BCUT2D eigenvalue weighted by Crippen LogP contribution is -2.36. The van der Waals surface area contributed by atoms with Crippen LogP contribution in [0, 0.1) is 24.2 Å². The van der Waals surface area contributed by atoms with Gasteiger partial charge < -0.3 is 4.90 Å². The molecule has 0 unspecified atom stereocenters. The maximum Gasteiger partial charge on any atom is 0.200 e. The second-order valence-electron chi connectivity index (χ2n) is 7.99. The van der Waals surface area contributed by atoms with Crippen molar-refractivity contribution >= 4 is 26.7 Å². The van der Waals surface area contributed by atoms with Crippen LogP contribution >= 0.6 is 0 Å². The lowest BCUT2D eigenvalue weighted by molar-refractivity contribution is 0.443. The van der Waals surface area contributed by atoms with Crippen molar-refractivity contribution in [1.82, 2.24) is 9.97 Å². The highest BCUT2D eigenvalue weighted by atomic mass is 32.2. The smallest absolute Gasteiger partial charge is 0.200 e. The Labute approximate surface area is 177 Å². The Bertz CT molecular complexity index is 1230. The topological polar surface area (TPSA) is 86.9 Å². The molecule has 6 nitrogen and oxygen atoms in total. The van der Waals surface area contributed by atoms with E-state index in [0.29, 0.717) is 22.8 Å². The molecule has 30 heavy (non-hydrogen) atoms. The highest BCUT2D eigenvalue weighted by Crippen LogP contribution is 2.35. The van der Waals surface area contributed by atoms with E-state index < -0.39 is 15.1 Å². The Morgan fingerprint density at radius 2 is 1.87 bits per heavy atom. The van der Waals surface area contributed by atoms with Crippen molar-refractivity contribution in [3.05, 3.63) is 59.8 Å². The first kappa shape index (κ1) is 20.3. The molecule has 1 aromatic heterocycles. The van der Waals surface area contributed by atoms with Crippen molar-refractivity contribution in [3.8, 4) is 6.07 Å². The van der Waals surface area contributed by atoms with Crippen molar-refractivity contribution < 1.29 is 8.42 Å². The number of hydrogen-bond donors (Lipinski definition) is 0. The summed E-state index contributed by atoms with van der Waals surface area (Å²) in [5.41, 5.74) is 2.31. The largest absolute Gasteiger partial charge is 0.355 e. The van der Waals surface area contributed by atoms with Crippen LogP contribution in [0.5, 0.6) is 0 Å². The van der Waals surface area contributed by atoms with Crippen molar-refractivity contribution in [1.29, 1.82) is 5.26 Å². The van der Waals surface area contributed by atoms with Crippen LogP contribution in [0.25, 0.3) is 11.0 Å². The molecule has 1 aliphatic heterocycles. The molecule has 0 spiro atoms. The molecule has 4 rings (SSSR count). The van der Waals surface area contributed by atoms with Crippen LogP contribution in [0.3, 0.4) is 0 Å². The predicted molar refractivity (Wildman–Crippen MR) is 117 cm³/mol. The molecule has 2 aromatic carbocycles. The quantitative estimate of drug-likeness (QED) is 0.628. The molecule has 0 N–H and O–H groups in total. The number of benzene rings is 2. The molecule has 0 aliphatic carbocycles. The summed E-state index contributed by atoms with van der Waals surface area (Å²) < 4.78 is 26.9. The lowest BCUT2D eigenvalue weighted by atomic mass is 10.00. The van der Waals surface area contributed by atoms with Gasteiger partial charge in [-0.25, -0.2) is 18.4 Å². The number of nitriles is 1. The van der Waals surface area contributed by atoms with Gasteiger partial charge in [0.15, 0.2) is 11.1 Å². The number of rotatable bonds is 4. The Morgan fingerprint density at radius 1 is 1.13 bits per heavy atom. The third-order valence-corrected chi connectivity index (χ3v) is 7.39.